The molecule has 4 fully saturated rings. The van der Waals surface area contributed by atoms with Crippen LogP contribution >= 0.6 is 11.8 Å². The summed E-state index contributed by atoms with van der Waals surface area (Å²) in [6.07, 6.45) is -4.95. The van der Waals surface area contributed by atoms with E-state index in [1.807, 2.05) is 58.0 Å². The number of aliphatic hydroxyl groups is 1. The van der Waals surface area contributed by atoms with E-state index in [0.717, 1.165) is 30.3 Å². The molecule has 3 bridgehead atoms. The van der Waals surface area contributed by atoms with Crippen molar-refractivity contribution >= 4 is 66.3 Å². The van der Waals surface area contributed by atoms with E-state index >= 15 is 9.59 Å². The first-order valence-electron chi connectivity index (χ1n) is 28.7. The molecule has 1 aromatic carbocycles. The number of rotatable bonds is 14. The third-order valence-electron chi connectivity index (χ3n) is 19.6. The maximum Gasteiger partial charge on any atom is 0.337 e. The summed E-state index contributed by atoms with van der Waals surface area (Å²) >= 11 is 1.69. The van der Waals surface area contributed by atoms with Crippen molar-refractivity contribution in [2.45, 2.75) is 250 Å². The largest absolute Gasteiger partial charge is 0.459 e. The van der Waals surface area contributed by atoms with Crippen molar-refractivity contribution in [2.24, 2.45) is 16.7 Å². The minimum atomic E-state index is -2.84. The summed E-state index contributed by atoms with van der Waals surface area (Å²) in [5.74, 6) is -2.30. The van der Waals surface area contributed by atoms with Crippen molar-refractivity contribution < 1.29 is 61.3 Å². The van der Waals surface area contributed by atoms with E-state index in [0.29, 0.717) is 53.4 Å². The average Bonchev–Trinajstić information content (AvgIpc) is 3.41. The first-order chi connectivity index (χ1) is 35.6. The van der Waals surface area contributed by atoms with Crippen LogP contribution < -0.4 is 5.32 Å². The highest BCUT2D eigenvalue weighted by Crippen LogP contribution is 2.65. The first-order valence-corrected chi connectivity index (χ1v) is 37.8. The zero-order valence-corrected chi connectivity index (χ0v) is 52.9. The van der Waals surface area contributed by atoms with Gasteiger partial charge in [0.1, 0.15) is 30.0 Å². The quantitative estimate of drug-likeness (QED) is 0.0777. The van der Waals surface area contributed by atoms with Crippen molar-refractivity contribution in [3.8, 4) is 0 Å². The highest BCUT2D eigenvalue weighted by molar-refractivity contribution is 7.99. The zero-order chi connectivity index (χ0) is 56.5. The second kappa shape index (κ2) is 24.2. The van der Waals surface area contributed by atoms with Crippen molar-refractivity contribution in [1.82, 2.24) is 5.32 Å². The molecule has 2 N–H and O–H groups in total. The second-order valence-corrected chi connectivity index (χ2v) is 40.3. The number of thioether (sulfide) groups is 1. The Hall–Kier alpha value is -2.69. The van der Waals surface area contributed by atoms with Crippen molar-refractivity contribution in [3.63, 3.8) is 0 Å². The molecule has 11 atom stereocenters. The van der Waals surface area contributed by atoms with Gasteiger partial charge in [-0.1, -0.05) is 106 Å². The Balaban J connectivity index is 1.71. The van der Waals surface area contributed by atoms with Crippen molar-refractivity contribution in [2.75, 3.05) is 18.1 Å². The van der Waals surface area contributed by atoms with Gasteiger partial charge in [0, 0.05) is 38.0 Å². The Morgan fingerprint density at radius 1 is 0.829 bits per heavy atom. The van der Waals surface area contributed by atoms with Gasteiger partial charge in [0.15, 0.2) is 42.4 Å². The zero-order valence-electron chi connectivity index (χ0n) is 49.1. The van der Waals surface area contributed by atoms with Gasteiger partial charge >= 0.3 is 17.9 Å². The van der Waals surface area contributed by atoms with Gasteiger partial charge in [-0.25, -0.2) is 4.79 Å². The van der Waals surface area contributed by atoms with E-state index < -0.39 is 113 Å². The Kier molecular flexibility index (Phi) is 19.9. The summed E-state index contributed by atoms with van der Waals surface area (Å²) in [5.41, 5.74) is -5.04. The van der Waals surface area contributed by atoms with Crippen LogP contribution in [0.4, 0.5) is 0 Å². The van der Waals surface area contributed by atoms with Gasteiger partial charge in [-0.2, -0.15) is 11.8 Å². The van der Waals surface area contributed by atoms with Gasteiger partial charge in [0.2, 0.25) is 5.91 Å². The summed E-state index contributed by atoms with van der Waals surface area (Å²) in [6, 6.07) is 12.8. The van der Waals surface area contributed by atoms with Gasteiger partial charge in [-0.3, -0.25) is 19.2 Å². The van der Waals surface area contributed by atoms with Crippen LogP contribution in [0.1, 0.15) is 153 Å². The summed E-state index contributed by atoms with van der Waals surface area (Å²) < 4.78 is 49.3. The molecule has 2 heterocycles. The standard InChI is InChI=1S/C58H95NO13SSi3/c1-17-75(18-2,19-3)70-42-35-43-57(37-66-43,69-39(8)60)50-52-58(65)36-41(38(7)46(55(58,12)13)48(51(63)56(42,50)14)72-76(20-4,21-5)22-6)67-53(64)49(71-74(15,16)54(9,10)11)47(40-29-24-23-25-30-40)59-44(61)31-26-27-33-73-34-28-32-45(62)68-52/h23-25,29-30,41-43,47-50,52,65H,17-22,26-28,31-37H2,1-16H3,(H,59,61)/t41-,42-,43+,47-,48+,49+,50-,52-,56+,57-,58+/m0/s1. The van der Waals surface area contributed by atoms with Gasteiger partial charge in [-0.05, 0) is 116 Å². The van der Waals surface area contributed by atoms with Crippen molar-refractivity contribution in [3.05, 3.63) is 47.0 Å². The number of carbonyl (C=O) groups is 5. The molecule has 428 valence electrons. The summed E-state index contributed by atoms with van der Waals surface area (Å²) in [4.78, 5) is 75.6. The van der Waals surface area contributed by atoms with E-state index in [-0.39, 0.29) is 49.0 Å². The minimum Gasteiger partial charge on any atom is -0.459 e. The minimum absolute atomic E-state index is 0.00852. The number of nitrogens with one attached hydrogen (secondary N) is 1. The predicted molar refractivity (Wildman–Crippen MR) is 305 cm³/mol. The lowest BCUT2D eigenvalue weighted by molar-refractivity contribution is -0.346. The molecule has 0 spiro atoms. The fourth-order valence-electron chi connectivity index (χ4n) is 13.1. The molecular formula is C58H95NO13SSi3. The summed E-state index contributed by atoms with van der Waals surface area (Å²) in [6.45, 7) is 31.8. The molecule has 5 aliphatic rings. The number of esters is 3. The molecule has 2 saturated carbocycles. The molecule has 1 amide bonds. The van der Waals surface area contributed by atoms with Gasteiger partial charge in [0.05, 0.1) is 30.1 Å². The third kappa shape index (κ3) is 11.7. The van der Waals surface area contributed by atoms with Crippen LogP contribution in [-0.2, 0) is 56.2 Å². The van der Waals surface area contributed by atoms with Crippen molar-refractivity contribution in [1.29, 1.82) is 0 Å². The van der Waals surface area contributed by atoms with E-state index in [1.165, 1.54) is 6.92 Å². The van der Waals surface area contributed by atoms with Crippen LogP contribution in [0.2, 0.25) is 54.4 Å². The molecule has 6 rings (SSSR count). The van der Waals surface area contributed by atoms with Crippen LogP contribution in [0.25, 0.3) is 0 Å². The number of benzene rings is 1. The Bertz CT molecular complexity index is 2270. The molecule has 0 radical (unpaired) electrons. The summed E-state index contributed by atoms with van der Waals surface area (Å²) in [7, 11) is -8.19. The first kappa shape index (κ1) is 62.5. The Morgan fingerprint density at radius 2 is 1.42 bits per heavy atom. The number of amides is 1. The Morgan fingerprint density at radius 3 is 1.97 bits per heavy atom. The van der Waals surface area contributed by atoms with Crippen LogP contribution in [0.15, 0.2) is 41.5 Å². The SMILES string of the molecule is CC[Si](CC)(CC)O[C@H]1C(=O)[C@]2(C)[C@@H](O[Si](CC)(CC)CC)C[C@H]3OC[C@@]3(OC(C)=O)[C@H]2[C@@H]2OC(=O)CCCSCCCCC(=O)N[C@@H](c3ccccc3)[C@@H](O[Si](C)(C)C(C)(C)C)C(=O)O[C@H]3C[C@]2(O)C(C)(C)C1=C3C. The van der Waals surface area contributed by atoms with Gasteiger partial charge in [-0.15, -0.1) is 0 Å². The lowest BCUT2D eigenvalue weighted by atomic mass is 9.44. The molecule has 14 nitrogen and oxygen atoms in total. The molecule has 3 aliphatic carbocycles. The lowest BCUT2D eigenvalue weighted by Gasteiger charge is -2.68. The van der Waals surface area contributed by atoms with E-state index in [9.17, 15) is 19.5 Å². The predicted octanol–water partition coefficient (Wildman–Crippen LogP) is 11.3. The average molecular weight is 1130 g/mol. The van der Waals surface area contributed by atoms with E-state index in [4.69, 9.17) is 32.2 Å². The van der Waals surface area contributed by atoms with E-state index in [1.54, 1.807) is 11.8 Å². The molecular weight excluding hydrogens is 1030 g/mol. The lowest BCUT2D eigenvalue weighted by Crippen LogP contribution is -2.82. The number of fused-ring (bicyclic) bond motifs is 6. The highest BCUT2D eigenvalue weighted by atomic mass is 32.2. The molecule has 1 aromatic rings. The molecule has 2 aliphatic heterocycles. The van der Waals surface area contributed by atoms with E-state index in [2.05, 4.69) is 80.7 Å². The normalized spacial score (nSPS) is 33.3. The van der Waals surface area contributed by atoms with Crippen LogP contribution in [-0.4, -0.2) is 126 Å². The molecule has 0 unspecified atom stereocenters. The second-order valence-electron chi connectivity index (χ2n) is 24.9. The highest BCUT2D eigenvalue weighted by Gasteiger charge is 2.79. The number of carbonyl (C=O) groups excluding carboxylic acids is 5. The van der Waals surface area contributed by atoms with Gasteiger partial charge < -0.3 is 42.6 Å². The number of Topliss-reactive ketones (excluding diaryl/α,β-unsaturated/α-hetero) is 1. The van der Waals surface area contributed by atoms with Crippen LogP contribution in [0.5, 0.6) is 0 Å². The Labute approximate surface area is 462 Å². The fraction of sp³-hybridized carbons (Fsp3) is 0.776. The monoisotopic (exact) mass is 1130 g/mol. The maximum absolute atomic E-state index is 17.2. The smallest absolute Gasteiger partial charge is 0.337 e. The summed E-state index contributed by atoms with van der Waals surface area (Å²) in [5, 5.41) is 17.5. The molecule has 0 aromatic heterocycles. The van der Waals surface area contributed by atoms with Crippen LogP contribution in [0.3, 0.4) is 0 Å². The number of ether oxygens (including phenoxy) is 4. The van der Waals surface area contributed by atoms with Gasteiger partial charge in [0.25, 0.3) is 0 Å². The molecule has 2 saturated heterocycles. The molecule has 76 heavy (non-hydrogen) atoms. The number of hydrogen-bond donors (Lipinski definition) is 2. The fourth-order valence-corrected chi connectivity index (χ4v) is 21.0. The third-order valence-corrected chi connectivity index (χ3v) is 34.5. The maximum atomic E-state index is 17.2. The number of hydrogen-bond acceptors (Lipinski definition) is 14. The molecule has 18 heteroatoms. The topological polar surface area (TPSA) is 182 Å². The number of ketones is 1. The van der Waals surface area contributed by atoms with Crippen LogP contribution in [0, 0.1) is 16.7 Å².